The minimum Gasteiger partial charge on any atom is -0.493 e. The van der Waals surface area contributed by atoms with Crippen LogP contribution in [-0.2, 0) is 13.0 Å². The number of nitrogens with zero attached hydrogens (tertiary/aromatic N) is 1. The first kappa shape index (κ1) is 18.4. The Balaban J connectivity index is 1.57. The molecule has 1 aliphatic rings. The van der Waals surface area contributed by atoms with Crippen LogP contribution in [0.5, 0.6) is 11.5 Å². The van der Waals surface area contributed by atoms with E-state index >= 15 is 0 Å². The molecule has 0 bridgehead atoms. The molecular formula is C22H20ClNO4. The Morgan fingerprint density at radius 3 is 2.46 bits per heavy atom. The summed E-state index contributed by atoms with van der Waals surface area (Å²) in [6.45, 7) is 1.11. The number of carbonyl (C=O) groups is 1. The van der Waals surface area contributed by atoms with E-state index in [0.29, 0.717) is 41.1 Å². The monoisotopic (exact) mass is 397 g/mol. The van der Waals surface area contributed by atoms with E-state index in [1.54, 1.807) is 37.3 Å². The minimum atomic E-state index is -0.140. The number of fused-ring (bicyclic) bond motifs is 1. The first-order valence-electron chi connectivity index (χ1n) is 8.98. The van der Waals surface area contributed by atoms with Gasteiger partial charge in [0.05, 0.1) is 19.2 Å². The summed E-state index contributed by atoms with van der Waals surface area (Å²) < 4.78 is 16.6. The molecule has 28 heavy (non-hydrogen) atoms. The average Bonchev–Trinajstić information content (AvgIpc) is 3.22. The van der Waals surface area contributed by atoms with E-state index in [9.17, 15) is 4.79 Å². The highest BCUT2D eigenvalue weighted by molar-refractivity contribution is 6.33. The zero-order valence-electron chi connectivity index (χ0n) is 15.7. The second kappa shape index (κ2) is 7.60. The zero-order valence-corrected chi connectivity index (χ0v) is 16.5. The average molecular weight is 398 g/mol. The summed E-state index contributed by atoms with van der Waals surface area (Å²) in [5.74, 6) is 2.11. The molecule has 1 amide bonds. The van der Waals surface area contributed by atoms with Gasteiger partial charge in [-0.1, -0.05) is 23.7 Å². The van der Waals surface area contributed by atoms with Crippen LogP contribution in [0.1, 0.15) is 21.7 Å². The van der Waals surface area contributed by atoms with Crippen molar-refractivity contribution in [2.45, 2.75) is 13.0 Å². The molecule has 1 aliphatic heterocycles. The van der Waals surface area contributed by atoms with E-state index in [2.05, 4.69) is 0 Å². The van der Waals surface area contributed by atoms with E-state index in [1.165, 1.54) is 0 Å². The van der Waals surface area contributed by atoms with Crippen molar-refractivity contribution >= 4 is 17.5 Å². The van der Waals surface area contributed by atoms with Gasteiger partial charge in [0.2, 0.25) is 0 Å². The van der Waals surface area contributed by atoms with Crippen molar-refractivity contribution < 1.29 is 18.7 Å². The van der Waals surface area contributed by atoms with Gasteiger partial charge in [0.1, 0.15) is 5.76 Å². The van der Waals surface area contributed by atoms with Gasteiger partial charge >= 0.3 is 0 Å². The molecule has 2 aromatic carbocycles. The molecule has 0 N–H and O–H groups in total. The van der Waals surface area contributed by atoms with Crippen molar-refractivity contribution in [1.29, 1.82) is 0 Å². The molecule has 0 radical (unpaired) electrons. The molecule has 5 nitrogen and oxygen atoms in total. The maximum absolute atomic E-state index is 13.0. The number of rotatable bonds is 4. The standard InChI is InChI=1S/C22H20ClNO4/c1-26-20-11-14-9-10-24(13-15(14)12-21(20)27-2)22(25)19-8-7-18(28-19)16-5-3-4-6-17(16)23/h3-8,11-12H,9-10,13H2,1-2H3. The van der Waals surface area contributed by atoms with Crippen molar-refractivity contribution in [1.82, 2.24) is 4.90 Å². The minimum absolute atomic E-state index is 0.140. The molecule has 0 unspecified atom stereocenters. The van der Waals surface area contributed by atoms with Crippen molar-refractivity contribution in [3.63, 3.8) is 0 Å². The second-order valence-corrected chi connectivity index (χ2v) is 7.00. The molecule has 1 aromatic heterocycles. The number of ether oxygens (including phenoxy) is 2. The van der Waals surface area contributed by atoms with Crippen LogP contribution in [0.25, 0.3) is 11.3 Å². The van der Waals surface area contributed by atoms with Gasteiger partial charge in [-0.05, 0) is 53.9 Å². The predicted molar refractivity (Wildman–Crippen MR) is 107 cm³/mol. The molecule has 144 valence electrons. The number of hydrogen-bond donors (Lipinski definition) is 0. The SMILES string of the molecule is COc1cc2c(cc1OC)CN(C(=O)c1ccc(-c3ccccc3Cl)o1)CC2. The number of methoxy groups -OCH3 is 2. The summed E-state index contributed by atoms with van der Waals surface area (Å²) in [5, 5.41) is 0.587. The lowest BCUT2D eigenvalue weighted by molar-refractivity contribution is 0.0703. The van der Waals surface area contributed by atoms with Gasteiger partial charge in [0, 0.05) is 18.7 Å². The number of benzene rings is 2. The number of halogens is 1. The third kappa shape index (κ3) is 3.34. The van der Waals surface area contributed by atoms with Crippen molar-refractivity contribution in [3.05, 3.63) is 70.4 Å². The lowest BCUT2D eigenvalue weighted by atomic mass is 9.98. The van der Waals surface area contributed by atoms with Crippen molar-refractivity contribution in [2.75, 3.05) is 20.8 Å². The Bertz CT molecular complexity index is 1030. The van der Waals surface area contributed by atoms with Crippen LogP contribution in [0.2, 0.25) is 5.02 Å². The fourth-order valence-corrected chi connectivity index (χ4v) is 3.70. The molecule has 0 fully saturated rings. The normalized spacial score (nSPS) is 13.2. The molecular weight excluding hydrogens is 378 g/mol. The van der Waals surface area contributed by atoms with E-state index in [0.717, 1.165) is 23.1 Å². The second-order valence-electron chi connectivity index (χ2n) is 6.60. The smallest absolute Gasteiger partial charge is 0.289 e. The molecule has 0 saturated heterocycles. The Hall–Kier alpha value is -2.92. The summed E-state index contributed by atoms with van der Waals surface area (Å²) in [5.41, 5.74) is 2.98. The summed E-state index contributed by atoms with van der Waals surface area (Å²) in [6.07, 6.45) is 0.750. The Kier molecular flexibility index (Phi) is 5.01. The van der Waals surface area contributed by atoms with E-state index in [4.69, 9.17) is 25.5 Å². The van der Waals surface area contributed by atoms with Gasteiger partial charge in [-0.3, -0.25) is 4.79 Å². The predicted octanol–water partition coefficient (Wildman–Crippen LogP) is 4.82. The van der Waals surface area contributed by atoms with Crippen LogP contribution in [0.15, 0.2) is 52.9 Å². The van der Waals surface area contributed by atoms with Gasteiger partial charge in [0.15, 0.2) is 17.3 Å². The lowest BCUT2D eigenvalue weighted by Gasteiger charge is -2.29. The van der Waals surface area contributed by atoms with Gasteiger partial charge in [-0.15, -0.1) is 0 Å². The fourth-order valence-electron chi connectivity index (χ4n) is 3.47. The lowest BCUT2D eigenvalue weighted by Crippen LogP contribution is -2.35. The highest BCUT2D eigenvalue weighted by atomic mass is 35.5. The van der Waals surface area contributed by atoms with Crippen LogP contribution in [-0.4, -0.2) is 31.6 Å². The molecule has 4 rings (SSSR count). The maximum Gasteiger partial charge on any atom is 0.289 e. The number of amides is 1. The Morgan fingerprint density at radius 1 is 1.04 bits per heavy atom. The van der Waals surface area contributed by atoms with Crippen LogP contribution < -0.4 is 9.47 Å². The van der Waals surface area contributed by atoms with Crippen molar-refractivity contribution in [2.24, 2.45) is 0 Å². The van der Waals surface area contributed by atoms with Crippen LogP contribution in [0, 0.1) is 0 Å². The highest BCUT2D eigenvalue weighted by Crippen LogP contribution is 2.34. The summed E-state index contributed by atoms with van der Waals surface area (Å²) >= 11 is 6.23. The first-order chi connectivity index (χ1) is 13.6. The Morgan fingerprint density at radius 2 is 1.75 bits per heavy atom. The number of carbonyl (C=O) groups excluding carboxylic acids is 1. The zero-order chi connectivity index (χ0) is 19.7. The fraction of sp³-hybridized carbons (Fsp3) is 0.227. The van der Waals surface area contributed by atoms with Gasteiger partial charge in [0.25, 0.3) is 5.91 Å². The summed E-state index contributed by atoms with van der Waals surface area (Å²) in [4.78, 5) is 14.7. The summed E-state index contributed by atoms with van der Waals surface area (Å²) in [6, 6.07) is 14.8. The molecule has 0 spiro atoms. The topological polar surface area (TPSA) is 51.9 Å². The van der Waals surface area contributed by atoms with E-state index in [1.807, 2.05) is 30.3 Å². The molecule has 2 heterocycles. The molecule has 3 aromatic rings. The van der Waals surface area contributed by atoms with Crippen molar-refractivity contribution in [3.8, 4) is 22.8 Å². The highest BCUT2D eigenvalue weighted by Gasteiger charge is 2.26. The van der Waals surface area contributed by atoms with E-state index in [-0.39, 0.29) is 5.91 Å². The van der Waals surface area contributed by atoms with E-state index < -0.39 is 0 Å². The number of furan rings is 1. The first-order valence-corrected chi connectivity index (χ1v) is 9.36. The largest absolute Gasteiger partial charge is 0.493 e. The third-order valence-electron chi connectivity index (χ3n) is 4.96. The van der Waals surface area contributed by atoms with Gasteiger partial charge in [-0.25, -0.2) is 0 Å². The van der Waals surface area contributed by atoms with Gasteiger partial charge in [-0.2, -0.15) is 0 Å². The van der Waals surface area contributed by atoms with Crippen LogP contribution >= 0.6 is 11.6 Å². The molecule has 0 saturated carbocycles. The quantitative estimate of drug-likeness (QED) is 0.633. The molecule has 0 aliphatic carbocycles. The van der Waals surface area contributed by atoms with Crippen LogP contribution in [0.4, 0.5) is 0 Å². The van der Waals surface area contributed by atoms with Gasteiger partial charge < -0.3 is 18.8 Å². The summed E-state index contributed by atoms with van der Waals surface area (Å²) in [7, 11) is 3.23. The Labute approximate surface area is 168 Å². The maximum atomic E-state index is 13.0. The molecule has 0 atom stereocenters. The number of hydrogen-bond acceptors (Lipinski definition) is 4. The third-order valence-corrected chi connectivity index (χ3v) is 5.29. The molecule has 6 heteroatoms. The van der Waals surface area contributed by atoms with Crippen LogP contribution in [0.3, 0.4) is 0 Å².